The Hall–Kier alpha value is -5.65. The third-order valence-corrected chi connectivity index (χ3v) is 18.0. The fraction of sp³-hybridized carbons (Fsp3) is 0.143. The third-order valence-electron chi connectivity index (χ3n) is 12.2. The molecule has 1 aliphatic rings. The number of para-hydroxylation sites is 1. The summed E-state index contributed by atoms with van der Waals surface area (Å²) in [5, 5.41) is 5.87. The van der Waals surface area contributed by atoms with Gasteiger partial charge in [-0.3, -0.25) is 0 Å². The van der Waals surface area contributed by atoms with Crippen molar-refractivity contribution < 1.29 is 0 Å². The Morgan fingerprint density at radius 3 is 1.38 bits per heavy atom. The lowest BCUT2D eigenvalue weighted by molar-refractivity contribution is 0.590. The molecule has 0 N–H and O–H groups in total. The molecular weight excluding hydrogens is 844 g/mol. The predicted octanol–water partition coefficient (Wildman–Crippen LogP) is 14.0. The van der Waals surface area contributed by atoms with Crippen LogP contribution in [0.1, 0.15) is 52.7 Å². The zero-order valence-corrected chi connectivity index (χ0v) is 39.0. The quantitative estimate of drug-likeness (QED) is 0.159. The summed E-state index contributed by atoms with van der Waals surface area (Å²) in [6.07, 6.45) is 0. The lowest BCUT2D eigenvalue weighted by Gasteiger charge is -2.38. The number of benzene rings is 8. The first-order chi connectivity index (χ1) is 29.3. The Morgan fingerprint density at radius 2 is 0.852 bits per heavy atom. The summed E-state index contributed by atoms with van der Waals surface area (Å²) in [5.41, 5.74) is 11.0. The second-order valence-electron chi connectivity index (χ2n) is 18.2. The average Bonchev–Trinajstić information content (AvgIpc) is 3.26. The maximum absolute atomic E-state index is 7.34. The van der Waals surface area contributed by atoms with E-state index in [9.17, 15) is 0 Å². The summed E-state index contributed by atoms with van der Waals surface area (Å²) < 4.78 is 0.931. The molecule has 6 bridgehead atoms. The maximum Gasteiger partial charge on any atom is 0.179 e. The highest BCUT2D eigenvalue weighted by molar-refractivity contribution is 9.10. The molecule has 0 atom stereocenters. The van der Waals surface area contributed by atoms with Crippen molar-refractivity contribution in [1.29, 1.82) is 0 Å². The number of nitrogens with zero attached hydrogens (tertiary/aromatic N) is 2. The van der Waals surface area contributed by atoms with Gasteiger partial charge in [0.2, 0.25) is 0 Å². The van der Waals surface area contributed by atoms with Gasteiger partial charge in [-0.15, -0.1) is 0 Å². The van der Waals surface area contributed by atoms with Crippen LogP contribution in [-0.4, -0.2) is 8.07 Å². The maximum atomic E-state index is 7.34. The first-order valence-corrected chi connectivity index (χ1v) is 24.2. The Kier molecular flexibility index (Phi) is 10.7. The summed E-state index contributed by atoms with van der Waals surface area (Å²) in [4.78, 5) is 4.78. The van der Waals surface area contributed by atoms with Gasteiger partial charge >= 0.3 is 0 Å². The number of rotatable bonds is 5. The largest absolute Gasteiger partial charge is 0.309 e. The van der Waals surface area contributed by atoms with Crippen LogP contribution in [0.3, 0.4) is 0 Å². The van der Waals surface area contributed by atoms with Crippen LogP contribution >= 0.6 is 27.5 Å². The van der Waals surface area contributed by atoms with E-state index in [1.807, 2.05) is 0 Å². The van der Waals surface area contributed by atoms with Crippen LogP contribution in [0.15, 0.2) is 199 Å². The second kappa shape index (κ2) is 16.0. The molecule has 5 heteroatoms. The first kappa shape index (κ1) is 40.7. The van der Waals surface area contributed by atoms with Crippen molar-refractivity contribution in [3.8, 4) is 11.1 Å². The molecule has 8 aromatic rings. The summed E-state index contributed by atoms with van der Waals surface area (Å²) in [7, 11) is -2.99. The van der Waals surface area contributed by atoms with Crippen molar-refractivity contribution in [2.24, 2.45) is 0 Å². The van der Waals surface area contributed by atoms with E-state index in [2.05, 4.69) is 261 Å². The van der Waals surface area contributed by atoms with E-state index in [0.717, 1.165) is 49.7 Å². The fourth-order valence-electron chi connectivity index (χ4n) is 9.03. The molecule has 1 aliphatic heterocycles. The van der Waals surface area contributed by atoms with Crippen LogP contribution in [-0.2, 0) is 10.8 Å². The van der Waals surface area contributed by atoms with E-state index < -0.39 is 8.07 Å². The van der Waals surface area contributed by atoms with Gasteiger partial charge in [0.1, 0.15) is 0 Å². The van der Waals surface area contributed by atoms with Gasteiger partial charge in [-0.05, 0) is 119 Å². The minimum atomic E-state index is -2.99. The monoisotopic (exact) mass is 892 g/mol. The van der Waals surface area contributed by atoms with Gasteiger partial charge in [0.05, 0.1) is 21.5 Å². The molecule has 8 aromatic carbocycles. The van der Waals surface area contributed by atoms with Crippen LogP contribution in [0.4, 0.5) is 34.1 Å². The normalized spacial score (nSPS) is 13.6. The molecule has 0 unspecified atom stereocenters. The number of fused-ring (bicyclic) bond motifs is 6. The first-order valence-electron chi connectivity index (χ1n) is 21.1. The number of hydrogen-bond donors (Lipinski definition) is 0. The van der Waals surface area contributed by atoms with Gasteiger partial charge in [-0.25, -0.2) is 0 Å². The second-order valence-corrected chi connectivity index (χ2v) is 23.2. The molecule has 0 saturated heterocycles. The number of halogens is 2. The SMILES string of the molecule is CC(C)(C)c1ccc(-c2ccccc2N2c3cccc(c3)[Si](c3ccccc3)(c3ccccc3)c3cccc(c3)N(c3ccc(C(C)(C)C)cc3)c3cc(Cl)cc2c3Br)cc1. The lowest BCUT2D eigenvalue weighted by atomic mass is 9.86. The van der Waals surface area contributed by atoms with Crippen LogP contribution in [0, 0.1) is 0 Å². The van der Waals surface area contributed by atoms with Crippen molar-refractivity contribution in [3.63, 3.8) is 0 Å². The van der Waals surface area contributed by atoms with Crippen LogP contribution in [0.25, 0.3) is 11.1 Å². The van der Waals surface area contributed by atoms with Gasteiger partial charge in [-0.1, -0.05) is 193 Å². The van der Waals surface area contributed by atoms with Crippen molar-refractivity contribution in [1.82, 2.24) is 0 Å². The van der Waals surface area contributed by atoms with E-state index >= 15 is 0 Å². The lowest BCUT2D eigenvalue weighted by Crippen LogP contribution is -2.74. The molecule has 0 aliphatic carbocycles. The molecule has 61 heavy (non-hydrogen) atoms. The van der Waals surface area contributed by atoms with E-state index in [-0.39, 0.29) is 10.8 Å². The molecule has 1 heterocycles. The Labute approximate surface area is 376 Å². The smallest absolute Gasteiger partial charge is 0.179 e. The molecular formula is C56H50BrClN2Si. The van der Waals surface area contributed by atoms with Gasteiger partial charge in [0.15, 0.2) is 8.07 Å². The Balaban J connectivity index is 1.41. The molecule has 2 nitrogen and oxygen atoms in total. The van der Waals surface area contributed by atoms with Gasteiger partial charge < -0.3 is 9.80 Å². The average molecular weight is 894 g/mol. The zero-order valence-electron chi connectivity index (χ0n) is 35.6. The summed E-state index contributed by atoms with van der Waals surface area (Å²) >= 11 is 11.6. The molecule has 302 valence electrons. The summed E-state index contributed by atoms with van der Waals surface area (Å²) in [6.45, 7) is 13.6. The van der Waals surface area contributed by atoms with Crippen molar-refractivity contribution in [2.45, 2.75) is 52.4 Å². The molecule has 0 radical (unpaired) electrons. The highest BCUT2D eigenvalue weighted by Gasteiger charge is 2.42. The fourth-order valence-corrected chi connectivity index (χ4v) is 14.6. The van der Waals surface area contributed by atoms with Crippen molar-refractivity contribution in [2.75, 3.05) is 9.80 Å². The summed E-state index contributed by atoms with van der Waals surface area (Å²) in [6, 6.07) is 71.9. The van der Waals surface area contributed by atoms with Crippen LogP contribution in [0.2, 0.25) is 5.02 Å². The molecule has 0 fully saturated rings. The van der Waals surface area contributed by atoms with Crippen LogP contribution in [0.5, 0.6) is 0 Å². The Bertz CT molecular complexity index is 2800. The van der Waals surface area contributed by atoms with Crippen molar-refractivity contribution >= 4 is 90.5 Å². The zero-order chi connectivity index (χ0) is 42.5. The van der Waals surface area contributed by atoms with E-state index in [1.165, 1.54) is 31.9 Å². The molecule has 0 amide bonds. The molecule has 9 rings (SSSR count). The Morgan fingerprint density at radius 1 is 0.410 bits per heavy atom. The van der Waals surface area contributed by atoms with E-state index in [4.69, 9.17) is 11.6 Å². The van der Waals surface area contributed by atoms with E-state index in [0.29, 0.717) is 5.02 Å². The number of anilines is 6. The van der Waals surface area contributed by atoms with E-state index in [1.54, 1.807) is 0 Å². The van der Waals surface area contributed by atoms with Gasteiger partial charge in [0, 0.05) is 27.6 Å². The molecule has 0 aromatic heterocycles. The standard InChI is InChI=1S/C56H50BrClN2Si/c1-55(2,3)40-29-27-39(28-30-40)50-25-13-14-26-51(50)60-45-18-16-24-49(38-45)61(46-19-9-7-10-20-46,47-21-11-8-12-22-47)48-23-15-17-44(37-48)59(52-35-42(58)36-53(60)54(52)57)43-33-31-41(32-34-43)56(4,5)6/h7-38H,1-6H3. The van der Waals surface area contributed by atoms with Crippen LogP contribution < -0.4 is 30.5 Å². The highest BCUT2D eigenvalue weighted by Crippen LogP contribution is 2.50. The van der Waals surface area contributed by atoms with Crippen molar-refractivity contribution in [3.05, 3.63) is 215 Å². The molecule has 0 spiro atoms. The topological polar surface area (TPSA) is 6.48 Å². The van der Waals surface area contributed by atoms with Gasteiger partial charge in [0.25, 0.3) is 0 Å². The minimum absolute atomic E-state index is 0.00830. The number of hydrogen-bond acceptors (Lipinski definition) is 2. The third kappa shape index (κ3) is 7.45. The summed E-state index contributed by atoms with van der Waals surface area (Å²) in [5.74, 6) is 0. The van der Waals surface area contributed by atoms with Gasteiger partial charge in [-0.2, -0.15) is 0 Å². The minimum Gasteiger partial charge on any atom is -0.309 e. The molecule has 0 saturated carbocycles. The predicted molar refractivity (Wildman–Crippen MR) is 269 cm³/mol. The highest BCUT2D eigenvalue weighted by atomic mass is 79.9.